The molecule has 5 nitrogen and oxygen atoms in total. The molecule has 2 amide bonds. The summed E-state index contributed by atoms with van der Waals surface area (Å²) in [5.74, 6) is 0.580. The first-order valence-electron chi connectivity index (χ1n) is 7.64. The molecule has 0 aromatic heterocycles. The molecular formula is C17H25N3O2S. The summed E-state index contributed by atoms with van der Waals surface area (Å²) in [5, 5.41) is 5.69. The molecule has 2 N–H and O–H groups in total. The molecule has 0 atom stereocenters. The van der Waals surface area contributed by atoms with Crippen molar-refractivity contribution in [3.05, 3.63) is 36.9 Å². The minimum Gasteiger partial charge on any atom is -0.355 e. The standard InChI is InChI=1S/C17H25N3O2S/c1-4-10-18-16(21)12-20(3)13-17(22)19-14-8-6-7-9-15(14)23-11-5-2/h5-9H,2,4,10-13H2,1,3H3,(H,18,21)(H,19,22). The normalized spacial score (nSPS) is 10.4. The van der Waals surface area contributed by atoms with E-state index in [2.05, 4.69) is 17.2 Å². The van der Waals surface area contributed by atoms with Gasteiger partial charge in [-0.3, -0.25) is 14.5 Å². The third kappa shape index (κ3) is 7.85. The van der Waals surface area contributed by atoms with Crippen LogP contribution in [0.25, 0.3) is 0 Å². The smallest absolute Gasteiger partial charge is 0.238 e. The van der Waals surface area contributed by atoms with Crippen molar-refractivity contribution in [3.63, 3.8) is 0 Å². The number of benzene rings is 1. The number of likely N-dealkylation sites (N-methyl/N-ethyl adjacent to an activating group) is 1. The Morgan fingerprint density at radius 3 is 2.65 bits per heavy atom. The number of thioether (sulfide) groups is 1. The van der Waals surface area contributed by atoms with Gasteiger partial charge >= 0.3 is 0 Å². The van der Waals surface area contributed by atoms with Crippen molar-refractivity contribution in [1.82, 2.24) is 10.2 Å². The molecule has 0 unspecified atom stereocenters. The van der Waals surface area contributed by atoms with Crippen LogP contribution in [0.4, 0.5) is 5.69 Å². The molecule has 1 aromatic carbocycles. The van der Waals surface area contributed by atoms with Crippen LogP contribution in [0.3, 0.4) is 0 Å². The summed E-state index contributed by atoms with van der Waals surface area (Å²) in [6.45, 7) is 6.74. The zero-order valence-corrected chi connectivity index (χ0v) is 14.6. The molecule has 0 saturated heterocycles. The number of hydrogen-bond donors (Lipinski definition) is 2. The van der Waals surface area contributed by atoms with Crippen LogP contribution in [0.15, 0.2) is 41.8 Å². The number of amides is 2. The maximum Gasteiger partial charge on any atom is 0.238 e. The van der Waals surface area contributed by atoms with Crippen LogP contribution in [0.5, 0.6) is 0 Å². The van der Waals surface area contributed by atoms with Crippen LogP contribution in [-0.4, -0.2) is 49.1 Å². The highest BCUT2D eigenvalue weighted by Crippen LogP contribution is 2.26. The average Bonchev–Trinajstić information content (AvgIpc) is 2.51. The number of rotatable bonds is 10. The number of nitrogens with zero attached hydrogens (tertiary/aromatic N) is 1. The predicted molar refractivity (Wildman–Crippen MR) is 96.8 cm³/mol. The topological polar surface area (TPSA) is 61.4 Å². The predicted octanol–water partition coefficient (Wildman–Crippen LogP) is 2.36. The molecule has 1 rings (SSSR count). The number of hydrogen-bond acceptors (Lipinski definition) is 4. The molecule has 1 aromatic rings. The highest BCUT2D eigenvalue weighted by Gasteiger charge is 2.12. The van der Waals surface area contributed by atoms with E-state index in [1.54, 1.807) is 23.7 Å². The first-order valence-corrected chi connectivity index (χ1v) is 8.63. The number of anilines is 1. The van der Waals surface area contributed by atoms with Crippen LogP contribution in [0.2, 0.25) is 0 Å². The third-order valence-corrected chi connectivity index (χ3v) is 3.99. The monoisotopic (exact) mass is 335 g/mol. The van der Waals surface area contributed by atoms with Crippen molar-refractivity contribution in [2.75, 3.05) is 37.8 Å². The first kappa shape index (κ1) is 19.3. The molecule has 0 spiro atoms. The fourth-order valence-corrected chi connectivity index (χ4v) is 2.65. The maximum absolute atomic E-state index is 12.1. The van der Waals surface area contributed by atoms with E-state index in [4.69, 9.17) is 0 Å². The van der Waals surface area contributed by atoms with Gasteiger partial charge in [0.1, 0.15) is 0 Å². The van der Waals surface area contributed by atoms with Crippen LogP contribution >= 0.6 is 11.8 Å². The lowest BCUT2D eigenvalue weighted by Gasteiger charge is -2.16. The van der Waals surface area contributed by atoms with Gasteiger partial charge in [0.25, 0.3) is 0 Å². The average molecular weight is 335 g/mol. The molecule has 0 fully saturated rings. The molecule has 0 saturated carbocycles. The van der Waals surface area contributed by atoms with E-state index >= 15 is 0 Å². The van der Waals surface area contributed by atoms with Crippen LogP contribution in [0, 0.1) is 0 Å². The second-order valence-electron chi connectivity index (χ2n) is 5.17. The molecule has 126 valence electrons. The van der Waals surface area contributed by atoms with E-state index < -0.39 is 0 Å². The van der Waals surface area contributed by atoms with Gasteiger partial charge in [-0.1, -0.05) is 25.1 Å². The molecule has 0 bridgehead atoms. The molecule has 6 heteroatoms. The first-order chi connectivity index (χ1) is 11.1. The zero-order valence-electron chi connectivity index (χ0n) is 13.8. The molecular weight excluding hydrogens is 310 g/mol. The van der Waals surface area contributed by atoms with E-state index in [0.29, 0.717) is 6.54 Å². The van der Waals surface area contributed by atoms with Crippen molar-refractivity contribution in [2.24, 2.45) is 0 Å². The summed E-state index contributed by atoms with van der Waals surface area (Å²) in [7, 11) is 1.75. The van der Waals surface area contributed by atoms with Gasteiger partial charge < -0.3 is 10.6 Å². The molecule has 0 radical (unpaired) electrons. The van der Waals surface area contributed by atoms with Gasteiger partial charge in [-0.05, 0) is 25.6 Å². The Kier molecular flexibility index (Phi) is 9.09. The molecule has 0 heterocycles. The van der Waals surface area contributed by atoms with E-state index in [9.17, 15) is 9.59 Å². The fourth-order valence-electron chi connectivity index (χ4n) is 1.90. The Morgan fingerprint density at radius 1 is 1.26 bits per heavy atom. The zero-order chi connectivity index (χ0) is 17.1. The van der Waals surface area contributed by atoms with Gasteiger partial charge in [-0.2, -0.15) is 0 Å². The van der Waals surface area contributed by atoms with Crippen molar-refractivity contribution in [1.29, 1.82) is 0 Å². The van der Waals surface area contributed by atoms with Gasteiger partial charge in [0.05, 0.1) is 18.8 Å². The van der Waals surface area contributed by atoms with Gasteiger partial charge in [-0.15, -0.1) is 18.3 Å². The lowest BCUT2D eigenvalue weighted by atomic mass is 10.3. The van der Waals surface area contributed by atoms with Gasteiger partial charge in [0.2, 0.25) is 11.8 Å². The fraction of sp³-hybridized carbons (Fsp3) is 0.412. The Morgan fingerprint density at radius 2 is 1.96 bits per heavy atom. The quantitative estimate of drug-likeness (QED) is 0.509. The Labute approximate surface area is 142 Å². The largest absolute Gasteiger partial charge is 0.355 e. The van der Waals surface area contributed by atoms with Crippen molar-refractivity contribution in [3.8, 4) is 0 Å². The maximum atomic E-state index is 12.1. The van der Waals surface area contributed by atoms with E-state index in [0.717, 1.165) is 22.8 Å². The summed E-state index contributed by atoms with van der Waals surface area (Å²) < 4.78 is 0. The second kappa shape index (κ2) is 10.9. The van der Waals surface area contributed by atoms with Crippen molar-refractivity contribution >= 4 is 29.3 Å². The van der Waals surface area contributed by atoms with Gasteiger partial charge in [0.15, 0.2) is 0 Å². The minimum atomic E-state index is -0.137. The molecule has 0 aliphatic carbocycles. The Hall–Kier alpha value is -1.79. The summed E-state index contributed by atoms with van der Waals surface area (Å²) in [4.78, 5) is 26.5. The summed E-state index contributed by atoms with van der Waals surface area (Å²) >= 11 is 1.62. The minimum absolute atomic E-state index is 0.0657. The summed E-state index contributed by atoms with van der Waals surface area (Å²) in [6.07, 6.45) is 2.72. The molecule has 23 heavy (non-hydrogen) atoms. The van der Waals surface area contributed by atoms with E-state index in [1.807, 2.05) is 37.3 Å². The van der Waals surface area contributed by atoms with Gasteiger partial charge in [-0.25, -0.2) is 0 Å². The van der Waals surface area contributed by atoms with Gasteiger partial charge in [0, 0.05) is 17.2 Å². The SMILES string of the molecule is C=CCSc1ccccc1NC(=O)CN(C)CC(=O)NCCC. The van der Waals surface area contributed by atoms with Crippen molar-refractivity contribution < 1.29 is 9.59 Å². The number of carbonyl (C=O) groups excluding carboxylic acids is 2. The molecule has 0 aliphatic rings. The van der Waals surface area contributed by atoms with Crippen molar-refractivity contribution in [2.45, 2.75) is 18.2 Å². The Bertz CT molecular complexity index is 534. The summed E-state index contributed by atoms with van der Waals surface area (Å²) in [5.41, 5.74) is 0.785. The summed E-state index contributed by atoms with van der Waals surface area (Å²) in [6, 6.07) is 7.66. The lowest BCUT2D eigenvalue weighted by Crippen LogP contribution is -2.39. The molecule has 0 aliphatic heterocycles. The second-order valence-corrected chi connectivity index (χ2v) is 6.23. The van der Waals surface area contributed by atoms with Crippen LogP contribution < -0.4 is 10.6 Å². The highest BCUT2D eigenvalue weighted by molar-refractivity contribution is 7.99. The lowest BCUT2D eigenvalue weighted by molar-refractivity contribution is -0.122. The van der Waals surface area contributed by atoms with E-state index in [1.165, 1.54) is 0 Å². The van der Waals surface area contributed by atoms with Crippen LogP contribution in [0.1, 0.15) is 13.3 Å². The Balaban J connectivity index is 2.50. The number of para-hydroxylation sites is 1. The van der Waals surface area contributed by atoms with Crippen LogP contribution in [-0.2, 0) is 9.59 Å². The number of carbonyl (C=O) groups is 2. The third-order valence-electron chi connectivity index (χ3n) is 2.92. The van der Waals surface area contributed by atoms with E-state index in [-0.39, 0.29) is 24.9 Å². The highest BCUT2D eigenvalue weighted by atomic mass is 32.2. The number of nitrogens with one attached hydrogen (secondary N) is 2.